The molecule has 2 heterocycles. The van der Waals surface area contributed by atoms with Crippen molar-refractivity contribution in [1.82, 2.24) is 9.47 Å². The first-order valence-electron chi connectivity index (χ1n) is 9.67. The number of carbonyl (C=O) groups is 1. The van der Waals surface area contributed by atoms with Crippen LogP contribution in [-0.2, 0) is 11.3 Å². The van der Waals surface area contributed by atoms with Gasteiger partial charge in [0.15, 0.2) is 5.17 Å². The number of benzene rings is 2. The standard InChI is InChI=1S/C24H23N3OS/c1-18(2)26-14-13-20(16-26)15-22-23(28)27(17-19-9-5-3-6-10-19)24(29-22)25-21-11-7-4-8-12-21/h3-16,18H,17H2,1-2H3/b22-15+,25-24?. The predicted molar refractivity (Wildman–Crippen MR) is 121 cm³/mol. The molecule has 0 N–H and O–H groups in total. The van der Waals surface area contributed by atoms with Crippen LogP contribution in [0.4, 0.5) is 5.69 Å². The van der Waals surface area contributed by atoms with Crippen LogP contribution < -0.4 is 0 Å². The Hall–Kier alpha value is -3.05. The van der Waals surface area contributed by atoms with E-state index in [2.05, 4.69) is 24.6 Å². The van der Waals surface area contributed by atoms with E-state index in [1.807, 2.05) is 79.0 Å². The summed E-state index contributed by atoms with van der Waals surface area (Å²) in [6, 6.07) is 22.2. The lowest BCUT2D eigenvalue weighted by atomic mass is 10.2. The number of amides is 1. The number of para-hydroxylation sites is 1. The lowest BCUT2D eigenvalue weighted by Gasteiger charge is -2.15. The zero-order chi connectivity index (χ0) is 20.2. The lowest BCUT2D eigenvalue weighted by molar-refractivity contribution is -0.122. The molecule has 4 rings (SSSR count). The van der Waals surface area contributed by atoms with Gasteiger partial charge in [0.05, 0.1) is 17.1 Å². The molecule has 1 aliphatic heterocycles. The molecule has 1 aromatic heterocycles. The molecule has 0 atom stereocenters. The van der Waals surface area contributed by atoms with Crippen LogP contribution in [0.1, 0.15) is 31.0 Å². The Morgan fingerprint density at radius 1 is 1.00 bits per heavy atom. The molecule has 2 aromatic carbocycles. The number of rotatable bonds is 5. The Labute approximate surface area is 175 Å². The minimum absolute atomic E-state index is 0.00849. The molecule has 5 heteroatoms. The quantitative estimate of drug-likeness (QED) is 0.501. The van der Waals surface area contributed by atoms with Crippen LogP contribution in [0.2, 0.25) is 0 Å². The van der Waals surface area contributed by atoms with Crippen molar-refractivity contribution in [3.63, 3.8) is 0 Å². The van der Waals surface area contributed by atoms with E-state index in [1.165, 1.54) is 11.8 Å². The van der Waals surface area contributed by atoms with Gasteiger partial charge in [-0.25, -0.2) is 4.99 Å². The molecule has 1 aliphatic rings. The number of carbonyl (C=O) groups excluding carboxylic acids is 1. The Balaban J connectivity index is 1.67. The van der Waals surface area contributed by atoms with Crippen molar-refractivity contribution < 1.29 is 4.79 Å². The second-order valence-electron chi connectivity index (χ2n) is 7.20. The minimum atomic E-state index is -0.00849. The average Bonchev–Trinajstić information content (AvgIpc) is 3.31. The van der Waals surface area contributed by atoms with Gasteiger partial charge in [0.1, 0.15) is 0 Å². The van der Waals surface area contributed by atoms with E-state index in [9.17, 15) is 4.79 Å². The van der Waals surface area contributed by atoms with E-state index in [0.717, 1.165) is 16.8 Å². The molecule has 3 aromatic rings. The molecule has 0 unspecified atom stereocenters. The molecule has 1 saturated heterocycles. The van der Waals surface area contributed by atoms with Gasteiger partial charge in [0.25, 0.3) is 5.91 Å². The molecule has 146 valence electrons. The van der Waals surface area contributed by atoms with Gasteiger partial charge in [0.2, 0.25) is 0 Å². The summed E-state index contributed by atoms with van der Waals surface area (Å²) in [5.41, 5.74) is 2.94. The van der Waals surface area contributed by atoms with E-state index < -0.39 is 0 Å². The van der Waals surface area contributed by atoms with Crippen LogP contribution >= 0.6 is 11.8 Å². The van der Waals surface area contributed by atoms with Gasteiger partial charge < -0.3 is 4.57 Å². The van der Waals surface area contributed by atoms with Gasteiger partial charge in [0, 0.05) is 18.4 Å². The molecule has 0 spiro atoms. The van der Waals surface area contributed by atoms with Crippen molar-refractivity contribution in [1.29, 1.82) is 0 Å². The van der Waals surface area contributed by atoms with Gasteiger partial charge in [-0.2, -0.15) is 0 Å². The van der Waals surface area contributed by atoms with E-state index in [4.69, 9.17) is 4.99 Å². The van der Waals surface area contributed by atoms with Gasteiger partial charge >= 0.3 is 0 Å². The Bertz CT molecular complexity index is 1050. The maximum absolute atomic E-state index is 13.2. The fourth-order valence-electron chi connectivity index (χ4n) is 3.10. The predicted octanol–water partition coefficient (Wildman–Crippen LogP) is 5.87. The summed E-state index contributed by atoms with van der Waals surface area (Å²) in [6.07, 6.45) is 6.07. The second-order valence-corrected chi connectivity index (χ2v) is 8.21. The molecular weight excluding hydrogens is 378 g/mol. The number of aromatic nitrogens is 1. The number of hydrogen-bond acceptors (Lipinski definition) is 3. The highest BCUT2D eigenvalue weighted by Crippen LogP contribution is 2.35. The molecule has 4 nitrogen and oxygen atoms in total. The van der Waals surface area contributed by atoms with Crippen molar-refractivity contribution in [2.75, 3.05) is 0 Å². The van der Waals surface area contributed by atoms with Crippen LogP contribution in [0, 0.1) is 0 Å². The van der Waals surface area contributed by atoms with Crippen molar-refractivity contribution in [2.24, 2.45) is 4.99 Å². The Morgan fingerprint density at radius 3 is 2.34 bits per heavy atom. The van der Waals surface area contributed by atoms with E-state index in [0.29, 0.717) is 22.7 Å². The number of amidine groups is 1. The summed E-state index contributed by atoms with van der Waals surface area (Å²) in [5.74, 6) is -0.00849. The largest absolute Gasteiger partial charge is 0.351 e. The third kappa shape index (κ3) is 4.51. The number of hydrogen-bond donors (Lipinski definition) is 0. The number of thioether (sulfide) groups is 1. The minimum Gasteiger partial charge on any atom is -0.351 e. The van der Waals surface area contributed by atoms with Gasteiger partial charge in [-0.3, -0.25) is 9.69 Å². The molecule has 0 radical (unpaired) electrons. The molecular formula is C24H23N3OS. The van der Waals surface area contributed by atoms with Gasteiger partial charge in [-0.1, -0.05) is 48.5 Å². The molecule has 29 heavy (non-hydrogen) atoms. The first-order chi connectivity index (χ1) is 14.1. The Morgan fingerprint density at radius 2 is 1.69 bits per heavy atom. The zero-order valence-electron chi connectivity index (χ0n) is 16.5. The first-order valence-corrected chi connectivity index (χ1v) is 10.5. The molecule has 1 amide bonds. The maximum Gasteiger partial charge on any atom is 0.267 e. The SMILES string of the molecule is CC(C)n1ccc(/C=C2/SC(=Nc3ccccc3)N(Cc3ccccc3)C2=O)c1. The monoisotopic (exact) mass is 401 g/mol. The van der Waals surface area contributed by atoms with E-state index in [-0.39, 0.29) is 5.91 Å². The highest BCUT2D eigenvalue weighted by molar-refractivity contribution is 8.18. The highest BCUT2D eigenvalue weighted by atomic mass is 32.2. The third-order valence-corrected chi connectivity index (χ3v) is 5.69. The second kappa shape index (κ2) is 8.53. The molecule has 0 saturated carbocycles. The van der Waals surface area contributed by atoms with Crippen molar-refractivity contribution in [3.05, 3.63) is 95.2 Å². The summed E-state index contributed by atoms with van der Waals surface area (Å²) in [4.78, 5) is 20.4. The van der Waals surface area contributed by atoms with Crippen LogP contribution in [0.25, 0.3) is 6.08 Å². The summed E-state index contributed by atoms with van der Waals surface area (Å²) in [7, 11) is 0. The molecule has 0 bridgehead atoms. The average molecular weight is 402 g/mol. The number of aliphatic imine (C=N–C) groups is 1. The normalized spacial score (nSPS) is 17.1. The summed E-state index contributed by atoms with van der Waals surface area (Å²) < 4.78 is 2.14. The Kier molecular flexibility index (Phi) is 5.67. The van der Waals surface area contributed by atoms with Crippen molar-refractivity contribution in [3.8, 4) is 0 Å². The van der Waals surface area contributed by atoms with Crippen molar-refractivity contribution in [2.45, 2.75) is 26.4 Å². The molecule has 0 aliphatic carbocycles. The topological polar surface area (TPSA) is 37.6 Å². The first kappa shape index (κ1) is 19.3. The fourth-order valence-corrected chi connectivity index (χ4v) is 4.10. The van der Waals surface area contributed by atoms with E-state index in [1.54, 1.807) is 4.90 Å². The van der Waals surface area contributed by atoms with Gasteiger partial charge in [-0.15, -0.1) is 0 Å². The van der Waals surface area contributed by atoms with E-state index >= 15 is 0 Å². The van der Waals surface area contributed by atoms with Crippen molar-refractivity contribution >= 4 is 34.6 Å². The van der Waals surface area contributed by atoms with Crippen LogP contribution in [0.3, 0.4) is 0 Å². The summed E-state index contributed by atoms with van der Waals surface area (Å²) in [5, 5.41) is 0.708. The molecule has 1 fully saturated rings. The smallest absolute Gasteiger partial charge is 0.267 e. The zero-order valence-corrected chi connectivity index (χ0v) is 17.3. The van der Waals surface area contributed by atoms with Gasteiger partial charge in [-0.05, 0) is 61.0 Å². The highest BCUT2D eigenvalue weighted by Gasteiger charge is 2.33. The third-order valence-electron chi connectivity index (χ3n) is 4.68. The summed E-state index contributed by atoms with van der Waals surface area (Å²) in [6.45, 7) is 4.78. The van der Waals surface area contributed by atoms with Crippen LogP contribution in [0.5, 0.6) is 0 Å². The fraction of sp³-hybridized carbons (Fsp3) is 0.167. The number of nitrogens with zero attached hydrogens (tertiary/aromatic N) is 3. The van der Waals surface area contributed by atoms with Crippen LogP contribution in [0.15, 0.2) is 89.0 Å². The van der Waals surface area contributed by atoms with Crippen LogP contribution in [-0.4, -0.2) is 20.5 Å². The maximum atomic E-state index is 13.2. The summed E-state index contributed by atoms with van der Waals surface area (Å²) >= 11 is 1.43. The lowest BCUT2D eigenvalue weighted by Crippen LogP contribution is -2.28.